The Morgan fingerprint density at radius 1 is 1.18 bits per heavy atom. The quantitative estimate of drug-likeness (QED) is 0.681. The van der Waals surface area contributed by atoms with Crippen LogP contribution >= 0.6 is 0 Å². The summed E-state index contributed by atoms with van der Waals surface area (Å²) in [6.45, 7) is 3.48. The number of halogens is 1. The molecule has 1 amide bonds. The first-order valence-corrected chi connectivity index (χ1v) is 6.84. The number of rotatable bonds is 5. The van der Waals surface area contributed by atoms with Gasteiger partial charge in [0.2, 0.25) is 0 Å². The van der Waals surface area contributed by atoms with Gasteiger partial charge < -0.3 is 4.74 Å². The molecule has 0 atom stereocenters. The number of hydrazone groups is 1. The molecule has 0 aliphatic carbocycles. The molecular weight excluding hydrogens is 283 g/mol. The lowest BCUT2D eigenvalue weighted by Crippen LogP contribution is -2.25. The summed E-state index contributed by atoms with van der Waals surface area (Å²) in [5.41, 5.74) is 5.12. The fraction of sp³-hybridized carbons (Fsp3) is 0.176. The van der Waals surface area contributed by atoms with E-state index in [1.54, 1.807) is 19.1 Å². The molecule has 114 valence electrons. The van der Waals surface area contributed by atoms with E-state index in [0.717, 1.165) is 11.1 Å². The topological polar surface area (TPSA) is 50.7 Å². The van der Waals surface area contributed by atoms with Gasteiger partial charge in [0.25, 0.3) is 5.91 Å². The van der Waals surface area contributed by atoms with Gasteiger partial charge in [0, 0.05) is 5.56 Å². The van der Waals surface area contributed by atoms with Gasteiger partial charge in [-0.1, -0.05) is 36.4 Å². The molecule has 5 heteroatoms. The van der Waals surface area contributed by atoms with Gasteiger partial charge in [0.1, 0.15) is 0 Å². The molecule has 2 aromatic rings. The normalized spacial score (nSPS) is 11.1. The number of benzene rings is 2. The molecule has 0 fully saturated rings. The Morgan fingerprint density at radius 2 is 1.86 bits per heavy atom. The van der Waals surface area contributed by atoms with E-state index in [-0.39, 0.29) is 12.4 Å². The summed E-state index contributed by atoms with van der Waals surface area (Å²) in [6.07, 6.45) is 0. The molecule has 4 nitrogen and oxygen atoms in total. The van der Waals surface area contributed by atoms with Gasteiger partial charge in [0.05, 0.1) is 5.71 Å². The van der Waals surface area contributed by atoms with Crippen LogP contribution in [0.15, 0.2) is 53.6 Å². The van der Waals surface area contributed by atoms with Crippen LogP contribution in [0.4, 0.5) is 4.39 Å². The van der Waals surface area contributed by atoms with Crippen molar-refractivity contribution in [3.63, 3.8) is 0 Å². The van der Waals surface area contributed by atoms with Crippen LogP contribution in [0, 0.1) is 12.7 Å². The second-order valence-electron chi connectivity index (χ2n) is 4.77. The molecule has 0 saturated heterocycles. The summed E-state index contributed by atoms with van der Waals surface area (Å²) in [5, 5.41) is 4.03. The van der Waals surface area contributed by atoms with Gasteiger partial charge in [-0.3, -0.25) is 4.79 Å². The Balaban J connectivity index is 1.91. The number of carbonyl (C=O) groups is 1. The van der Waals surface area contributed by atoms with E-state index < -0.39 is 11.7 Å². The zero-order chi connectivity index (χ0) is 15.9. The highest BCUT2D eigenvalue weighted by atomic mass is 19.1. The van der Waals surface area contributed by atoms with Gasteiger partial charge in [0.15, 0.2) is 18.2 Å². The van der Waals surface area contributed by atoms with Crippen LogP contribution in [0.1, 0.15) is 18.1 Å². The Bertz CT molecular complexity index is 699. The number of ether oxygens (including phenoxy) is 1. The van der Waals surface area contributed by atoms with Crippen molar-refractivity contribution in [2.75, 3.05) is 6.61 Å². The number of nitrogens with zero attached hydrogens (tertiary/aromatic N) is 1. The van der Waals surface area contributed by atoms with Crippen LogP contribution in [-0.4, -0.2) is 18.2 Å². The fourth-order valence-electron chi connectivity index (χ4n) is 1.92. The first-order valence-electron chi connectivity index (χ1n) is 6.84. The molecule has 2 aromatic carbocycles. The molecule has 1 N–H and O–H groups in total. The molecule has 0 aromatic heterocycles. The smallest absolute Gasteiger partial charge is 0.277 e. The Morgan fingerprint density at radius 3 is 2.59 bits per heavy atom. The average Bonchev–Trinajstić information content (AvgIpc) is 2.52. The van der Waals surface area contributed by atoms with Gasteiger partial charge >= 0.3 is 0 Å². The van der Waals surface area contributed by atoms with Crippen molar-refractivity contribution < 1.29 is 13.9 Å². The zero-order valence-electron chi connectivity index (χ0n) is 12.5. The van der Waals surface area contributed by atoms with E-state index in [9.17, 15) is 9.18 Å². The number of nitrogens with one attached hydrogen (secondary N) is 1. The molecule has 0 spiro atoms. The van der Waals surface area contributed by atoms with E-state index in [1.807, 2.05) is 31.2 Å². The first-order chi connectivity index (χ1) is 10.6. The maximum Gasteiger partial charge on any atom is 0.277 e. The fourth-order valence-corrected chi connectivity index (χ4v) is 1.92. The minimum atomic E-state index is -0.505. The molecule has 0 heterocycles. The first kappa shape index (κ1) is 15.7. The van der Waals surface area contributed by atoms with Crippen LogP contribution in [0.3, 0.4) is 0 Å². The summed E-state index contributed by atoms with van der Waals surface area (Å²) in [4.78, 5) is 11.7. The number of aryl methyl sites for hydroxylation is 1. The standard InChI is InChI=1S/C17H17FN2O2/c1-12-7-3-4-8-14(12)13(2)19-20-17(21)11-22-16-10-6-5-9-15(16)18/h3-10H,11H2,1-2H3,(H,20,21)/b19-13-. The zero-order valence-corrected chi connectivity index (χ0v) is 12.5. The third-order valence-electron chi connectivity index (χ3n) is 3.08. The molecule has 0 saturated carbocycles. The van der Waals surface area contributed by atoms with Crippen molar-refractivity contribution in [2.24, 2.45) is 5.10 Å². The second-order valence-corrected chi connectivity index (χ2v) is 4.77. The van der Waals surface area contributed by atoms with Crippen LogP contribution in [0.25, 0.3) is 0 Å². The van der Waals surface area contributed by atoms with Crippen molar-refractivity contribution in [3.8, 4) is 5.75 Å². The van der Waals surface area contributed by atoms with E-state index >= 15 is 0 Å². The van der Waals surface area contributed by atoms with Gasteiger partial charge in [-0.15, -0.1) is 0 Å². The van der Waals surface area contributed by atoms with E-state index in [4.69, 9.17) is 4.74 Å². The maximum atomic E-state index is 13.3. The number of amides is 1. The maximum absolute atomic E-state index is 13.3. The van der Waals surface area contributed by atoms with Crippen molar-refractivity contribution in [1.82, 2.24) is 5.43 Å². The van der Waals surface area contributed by atoms with Crippen molar-refractivity contribution >= 4 is 11.6 Å². The Hall–Kier alpha value is -2.69. The molecular formula is C17H17FN2O2. The molecule has 2 rings (SSSR count). The monoisotopic (exact) mass is 300 g/mol. The van der Waals surface area contributed by atoms with Gasteiger partial charge in [-0.25, -0.2) is 9.82 Å². The summed E-state index contributed by atoms with van der Waals surface area (Å²) in [7, 11) is 0. The lowest BCUT2D eigenvalue weighted by atomic mass is 10.1. The lowest BCUT2D eigenvalue weighted by Gasteiger charge is -2.07. The SMILES string of the molecule is C/C(=N/NC(=O)COc1ccccc1F)c1ccccc1C. The van der Waals surface area contributed by atoms with E-state index in [2.05, 4.69) is 10.5 Å². The predicted octanol–water partition coefficient (Wildman–Crippen LogP) is 3.05. The average molecular weight is 300 g/mol. The molecule has 0 aliphatic heterocycles. The third-order valence-corrected chi connectivity index (χ3v) is 3.08. The van der Waals surface area contributed by atoms with E-state index in [1.165, 1.54) is 12.1 Å². The van der Waals surface area contributed by atoms with E-state index in [0.29, 0.717) is 5.71 Å². The Kier molecular flexibility index (Phi) is 5.25. The van der Waals surface area contributed by atoms with Crippen molar-refractivity contribution in [2.45, 2.75) is 13.8 Å². The summed E-state index contributed by atoms with van der Waals surface area (Å²) in [5.74, 6) is -0.914. The number of hydrogen-bond donors (Lipinski definition) is 1. The molecule has 0 radical (unpaired) electrons. The third kappa shape index (κ3) is 4.15. The van der Waals surface area contributed by atoms with Crippen LogP contribution in [-0.2, 0) is 4.79 Å². The largest absolute Gasteiger partial charge is 0.481 e. The molecule has 22 heavy (non-hydrogen) atoms. The van der Waals surface area contributed by atoms with Crippen LogP contribution in [0.5, 0.6) is 5.75 Å². The molecule has 0 aliphatic rings. The van der Waals surface area contributed by atoms with Crippen molar-refractivity contribution in [1.29, 1.82) is 0 Å². The lowest BCUT2D eigenvalue weighted by molar-refractivity contribution is -0.123. The highest BCUT2D eigenvalue weighted by Crippen LogP contribution is 2.14. The summed E-state index contributed by atoms with van der Waals surface area (Å²) >= 11 is 0. The minimum Gasteiger partial charge on any atom is -0.481 e. The number of para-hydroxylation sites is 1. The highest BCUT2D eigenvalue weighted by Gasteiger charge is 2.06. The predicted molar refractivity (Wildman–Crippen MR) is 83.4 cm³/mol. The number of hydrogen-bond acceptors (Lipinski definition) is 3. The number of carbonyl (C=O) groups excluding carboxylic acids is 1. The van der Waals surface area contributed by atoms with Crippen LogP contribution in [0.2, 0.25) is 0 Å². The molecule has 0 unspecified atom stereocenters. The van der Waals surface area contributed by atoms with Gasteiger partial charge in [-0.2, -0.15) is 5.10 Å². The summed E-state index contributed by atoms with van der Waals surface area (Å²) < 4.78 is 18.4. The Labute approximate surface area is 128 Å². The van der Waals surface area contributed by atoms with Crippen molar-refractivity contribution in [3.05, 3.63) is 65.5 Å². The molecule has 0 bridgehead atoms. The summed E-state index contributed by atoms with van der Waals surface area (Å²) in [6, 6.07) is 13.7. The van der Waals surface area contributed by atoms with Crippen LogP contribution < -0.4 is 10.2 Å². The minimum absolute atomic E-state index is 0.0391. The highest BCUT2D eigenvalue weighted by molar-refractivity contribution is 6.00. The van der Waals surface area contributed by atoms with Gasteiger partial charge in [-0.05, 0) is 31.5 Å². The second kappa shape index (κ2) is 7.36.